The average Bonchev–Trinajstić information content (AvgIpc) is 3.26. The maximum Gasteiger partial charge on any atom is 0.229 e. The lowest BCUT2D eigenvalue weighted by Gasteiger charge is -2.27. The van der Waals surface area contributed by atoms with E-state index in [1.165, 1.54) is 11.1 Å². The molecule has 1 saturated carbocycles. The molecule has 2 N–H and O–H groups in total. The van der Waals surface area contributed by atoms with Crippen LogP contribution < -0.4 is 15.4 Å². The van der Waals surface area contributed by atoms with Gasteiger partial charge in [-0.1, -0.05) is 0 Å². The van der Waals surface area contributed by atoms with Gasteiger partial charge in [0, 0.05) is 32.3 Å². The number of carbonyl (C=O) groups is 1. The number of likely N-dealkylation sites (N-methyl/N-ethyl adjacent to an activating group) is 1. The van der Waals surface area contributed by atoms with Crippen LogP contribution in [0.25, 0.3) is 11.0 Å². The Morgan fingerprint density at radius 3 is 2.73 bits per heavy atom. The van der Waals surface area contributed by atoms with Crippen LogP contribution in [0.2, 0.25) is 0 Å². The van der Waals surface area contributed by atoms with Crippen LogP contribution in [0, 0.1) is 5.92 Å². The van der Waals surface area contributed by atoms with E-state index < -0.39 is 0 Å². The molecule has 1 fully saturated rings. The monoisotopic (exact) mass is 449 g/mol. The molecule has 2 aliphatic rings. The average molecular weight is 450 g/mol. The lowest BCUT2D eigenvalue weighted by Crippen LogP contribution is -2.31. The Kier molecular flexibility index (Phi) is 5.88. The number of nitrogens with one attached hydrogen (secondary N) is 2. The number of hydrogen-bond donors (Lipinski definition) is 2. The summed E-state index contributed by atoms with van der Waals surface area (Å²) in [6, 6.07) is 4.51. The number of nitrogens with zero attached hydrogens (tertiary/aromatic N) is 5. The van der Waals surface area contributed by atoms with Gasteiger partial charge in [-0.05, 0) is 62.4 Å². The van der Waals surface area contributed by atoms with Crippen molar-refractivity contribution in [2.45, 2.75) is 44.7 Å². The topological polar surface area (TPSA) is 97.2 Å². The molecular formula is C24H31N7O2. The van der Waals surface area contributed by atoms with Crippen molar-refractivity contribution >= 4 is 28.6 Å². The molecule has 1 amide bonds. The van der Waals surface area contributed by atoms with Crippen LogP contribution in [0.1, 0.15) is 42.9 Å². The van der Waals surface area contributed by atoms with Crippen molar-refractivity contribution in [1.82, 2.24) is 30.0 Å². The second kappa shape index (κ2) is 8.97. The molecule has 3 aromatic rings. The minimum absolute atomic E-state index is 0.0930. The maximum atomic E-state index is 12.0. The van der Waals surface area contributed by atoms with E-state index in [0.717, 1.165) is 67.7 Å². The van der Waals surface area contributed by atoms with Crippen molar-refractivity contribution in [1.29, 1.82) is 0 Å². The third-order valence-corrected chi connectivity index (χ3v) is 6.97. The van der Waals surface area contributed by atoms with E-state index in [0.29, 0.717) is 5.95 Å². The summed E-state index contributed by atoms with van der Waals surface area (Å²) in [6.07, 6.45) is 8.20. The zero-order chi connectivity index (χ0) is 22.9. The smallest absolute Gasteiger partial charge is 0.229 e. The summed E-state index contributed by atoms with van der Waals surface area (Å²) in [5.41, 5.74) is 4.30. The first-order valence-corrected chi connectivity index (χ1v) is 11.6. The fourth-order valence-electron chi connectivity index (χ4n) is 5.06. The number of methoxy groups -OCH3 is 1. The Morgan fingerprint density at radius 2 is 1.97 bits per heavy atom. The minimum Gasteiger partial charge on any atom is -0.495 e. The van der Waals surface area contributed by atoms with E-state index in [1.54, 1.807) is 14.2 Å². The number of anilines is 2. The summed E-state index contributed by atoms with van der Waals surface area (Å²) < 4.78 is 7.66. The lowest BCUT2D eigenvalue weighted by molar-refractivity contribution is -0.125. The molecule has 0 atom stereocenters. The van der Waals surface area contributed by atoms with Gasteiger partial charge in [-0.15, -0.1) is 0 Å². The van der Waals surface area contributed by atoms with Crippen molar-refractivity contribution in [2.24, 2.45) is 5.92 Å². The van der Waals surface area contributed by atoms with Gasteiger partial charge in [-0.3, -0.25) is 4.79 Å². The molecule has 0 radical (unpaired) electrons. The molecule has 1 aromatic carbocycles. The van der Waals surface area contributed by atoms with Crippen LogP contribution in [0.15, 0.2) is 24.5 Å². The number of aromatic nitrogens is 4. The number of ether oxygens (including phenoxy) is 1. The molecule has 9 heteroatoms. The number of hydrogen-bond acceptors (Lipinski definition) is 7. The van der Waals surface area contributed by atoms with Crippen LogP contribution in [0.3, 0.4) is 0 Å². The van der Waals surface area contributed by atoms with Crippen LogP contribution in [0.5, 0.6) is 5.75 Å². The number of rotatable bonds is 5. The lowest BCUT2D eigenvalue weighted by atomic mass is 9.85. The highest BCUT2D eigenvalue weighted by molar-refractivity contribution is 5.78. The van der Waals surface area contributed by atoms with Gasteiger partial charge in [-0.25, -0.2) is 9.67 Å². The standard InChI is InChI=1S/C24H31N7O2/c1-25-23(32)15-4-6-19(7-5-15)31-22-18(13-27-31)12-26-24(29-22)28-20-10-17-14-30(2)9-8-16(17)11-21(20)33-3/h10-13,15,19H,4-9,14H2,1-3H3,(H,25,32)(H,26,28,29). The Labute approximate surface area is 193 Å². The molecule has 0 spiro atoms. The van der Waals surface area contributed by atoms with Crippen LogP contribution in [0.4, 0.5) is 11.6 Å². The third kappa shape index (κ3) is 4.25. The molecule has 1 aliphatic heterocycles. The van der Waals surface area contributed by atoms with Gasteiger partial charge in [0.25, 0.3) is 0 Å². The van der Waals surface area contributed by atoms with Gasteiger partial charge in [0.1, 0.15) is 5.75 Å². The molecule has 3 heterocycles. The molecule has 174 valence electrons. The van der Waals surface area contributed by atoms with Crippen LogP contribution in [-0.2, 0) is 17.8 Å². The van der Waals surface area contributed by atoms with E-state index in [2.05, 4.69) is 44.8 Å². The van der Waals surface area contributed by atoms with E-state index in [4.69, 9.17) is 9.72 Å². The number of carbonyl (C=O) groups excluding carboxylic acids is 1. The van der Waals surface area contributed by atoms with Gasteiger partial charge in [0.2, 0.25) is 11.9 Å². The second-order valence-corrected chi connectivity index (χ2v) is 9.12. The SMILES string of the molecule is CNC(=O)C1CCC(n2ncc3cnc(Nc4cc5c(cc4OC)CCN(C)C5)nc32)CC1. The molecule has 0 unspecified atom stereocenters. The van der Waals surface area contributed by atoms with Crippen molar-refractivity contribution in [3.8, 4) is 5.75 Å². The molecule has 0 saturated heterocycles. The summed E-state index contributed by atoms with van der Waals surface area (Å²) in [6.45, 7) is 1.97. The quantitative estimate of drug-likeness (QED) is 0.618. The first-order chi connectivity index (χ1) is 16.1. The highest BCUT2D eigenvalue weighted by Gasteiger charge is 2.28. The molecular weight excluding hydrogens is 418 g/mol. The summed E-state index contributed by atoms with van der Waals surface area (Å²) in [5.74, 6) is 1.54. The number of fused-ring (bicyclic) bond motifs is 2. The summed E-state index contributed by atoms with van der Waals surface area (Å²) in [5, 5.41) is 11.7. The van der Waals surface area contributed by atoms with E-state index in [1.807, 2.05) is 17.1 Å². The first-order valence-electron chi connectivity index (χ1n) is 11.6. The Morgan fingerprint density at radius 1 is 1.15 bits per heavy atom. The molecule has 9 nitrogen and oxygen atoms in total. The van der Waals surface area contributed by atoms with Crippen molar-refractivity contribution in [2.75, 3.05) is 33.1 Å². The van der Waals surface area contributed by atoms with E-state index in [-0.39, 0.29) is 17.9 Å². The van der Waals surface area contributed by atoms with Crippen LogP contribution >= 0.6 is 0 Å². The normalized spacial score (nSPS) is 20.9. The molecule has 0 bridgehead atoms. The van der Waals surface area contributed by atoms with Gasteiger partial charge < -0.3 is 20.3 Å². The van der Waals surface area contributed by atoms with Crippen molar-refractivity contribution < 1.29 is 9.53 Å². The molecule has 2 aromatic heterocycles. The largest absolute Gasteiger partial charge is 0.495 e. The summed E-state index contributed by atoms with van der Waals surface area (Å²) >= 11 is 0. The maximum absolute atomic E-state index is 12.0. The molecule has 1 aliphatic carbocycles. The minimum atomic E-state index is 0.0930. The Balaban J connectivity index is 1.40. The fraction of sp³-hybridized carbons (Fsp3) is 0.500. The highest BCUT2D eigenvalue weighted by atomic mass is 16.5. The summed E-state index contributed by atoms with van der Waals surface area (Å²) in [4.78, 5) is 23.6. The van der Waals surface area contributed by atoms with Gasteiger partial charge >= 0.3 is 0 Å². The molecule has 5 rings (SSSR count). The zero-order valence-electron chi connectivity index (χ0n) is 19.5. The van der Waals surface area contributed by atoms with Crippen molar-refractivity contribution in [3.63, 3.8) is 0 Å². The van der Waals surface area contributed by atoms with Crippen molar-refractivity contribution in [3.05, 3.63) is 35.7 Å². The van der Waals surface area contributed by atoms with Gasteiger partial charge in [0.05, 0.1) is 30.4 Å². The third-order valence-electron chi connectivity index (χ3n) is 6.97. The zero-order valence-corrected chi connectivity index (χ0v) is 19.5. The number of benzene rings is 1. The predicted molar refractivity (Wildman–Crippen MR) is 127 cm³/mol. The second-order valence-electron chi connectivity index (χ2n) is 9.12. The highest BCUT2D eigenvalue weighted by Crippen LogP contribution is 2.35. The van der Waals surface area contributed by atoms with E-state index in [9.17, 15) is 4.79 Å². The fourth-order valence-corrected chi connectivity index (χ4v) is 5.06. The Hall–Kier alpha value is -3.20. The van der Waals surface area contributed by atoms with Crippen LogP contribution in [-0.4, -0.2) is 58.3 Å². The predicted octanol–water partition coefficient (Wildman–Crippen LogP) is 3.04. The van der Waals surface area contributed by atoms with Gasteiger partial charge in [0.15, 0.2) is 5.65 Å². The van der Waals surface area contributed by atoms with E-state index >= 15 is 0 Å². The summed E-state index contributed by atoms with van der Waals surface area (Å²) in [7, 11) is 5.54. The molecule has 33 heavy (non-hydrogen) atoms. The Bertz CT molecular complexity index is 1170. The van der Waals surface area contributed by atoms with Gasteiger partial charge in [-0.2, -0.15) is 10.1 Å². The first kappa shape index (κ1) is 21.6. The number of amides is 1.